The lowest BCUT2D eigenvalue weighted by atomic mass is 10.1. The summed E-state index contributed by atoms with van der Waals surface area (Å²) in [5.74, 6) is -0.387. The second-order valence-corrected chi connectivity index (χ2v) is 5.38. The van der Waals surface area contributed by atoms with Crippen molar-refractivity contribution in [3.63, 3.8) is 0 Å². The number of hydrogen-bond acceptors (Lipinski definition) is 2. The zero-order valence-electron chi connectivity index (χ0n) is 11.4. The summed E-state index contributed by atoms with van der Waals surface area (Å²) in [4.78, 5) is 0. The molecule has 1 atom stereocenters. The molecule has 1 unspecified atom stereocenters. The lowest BCUT2D eigenvalue weighted by Crippen LogP contribution is -2.38. The van der Waals surface area contributed by atoms with Gasteiger partial charge in [0.05, 0.1) is 10.6 Å². The Morgan fingerprint density at radius 3 is 2.67 bits per heavy atom. The van der Waals surface area contributed by atoms with Gasteiger partial charge in [0.25, 0.3) is 0 Å². The van der Waals surface area contributed by atoms with Crippen molar-refractivity contribution in [2.75, 3.05) is 13.2 Å². The van der Waals surface area contributed by atoms with Crippen LogP contribution in [-0.2, 0) is 4.74 Å². The Labute approximate surface area is 113 Å². The van der Waals surface area contributed by atoms with E-state index in [0.717, 1.165) is 12.1 Å². The van der Waals surface area contributed by atoms with Crippen LogP contribution in [0.2, 0.25) is 5.02 Å². The number of hydrogen-bond donors (Lipinski definition) is 1. The predicted octanol–water partition coefficient (Wildman–Crippen LogP) is 3.94. The van der Waals surface area contributed by atoms with E-state index in [1.165, 1.54) is 6.07 Å². The normalized spacial score (nSPS) is 13.7. The van der Waals surface area contributed by atoms with Gasteiger partial charge in [0, 0.05) is 19.2 Å². The highest BCUT2D eigenvalue weighted by atomic mass is 35.5. The molecule has 1 rings (SSSR count). The summed E-state index contributed by atoms with van der Waals surface area (Å²) < 4.78 is 18.7. The van der Waals surface area contributed by atoms with E-state index in [-0.39, 0.29) is 22.5 Å². The molecule has 1 N–H and O–H groups in total. The molecule has 18 heavy (non-hydrogen) atoms. The van der Waals surface area contributed by atoms with Gasteiger partial charge in [-0.3, -0.25) is 0 Å². The summed E-state index contributed by atoms with van der Waals surface area (Å²) >= 11 is 5.77. The van der Waals surface area contributed by atoms with Crippen LogP contribution in [0.5, 0.6) is 0 Å². The Morgan fingerprint density at radius 1 is 1.44 bits per heavy atom. The van der Waals surface area contributed by atoms with E-state index in [0.29, 0.717) is 6.61 Å². The lowest BCUT2D eigenvalue weighted by Gasteiger charge is -2.27. The summed E-state index contributed by atoms with van der Waals surface area (Å²) in [5, 5.41) is 3.52. The van der Waals surface area contributed by atoms with Crippen LogP contribution in [0, 0.1) is 5.82 Å². The van der Waals surface area contributed by atoms with Gasteiger partial charge in [-0.1, -0.05) is 17.7 Å². The highest BCUT2D eigenvalue weighted by Crippen LogP contribution is 2.21. The van der Waals surface area contributed by atoms with Gasteiger partial charge in [-0.05, 0) is 45.4 Å². The van der Waals surface area contributed by atoms with Gasteiger partial charge in [-0.15, -0.1) is 0 Å². The second-order valence-electron chi connectivity index (χ2n) is 4.97. The third kappa shape index (κ3) is 4.56. The fourth-order valence-corrected chi connectivity index (χ4v) is 1.93. The van der Waals surface area contributed by atoms with E-state index in [2.05, 4.69) is 5.32 Å². The fraction of sp³-hybridized carbons (Fsp3) is 0.571. The second kappa shape index (κ2) is 6.50. The Morgan fingerprint density at radius 2 is 2.11 bits per heavy atom. The molecule has 0 saturated carbocycles. The summed E-state index contributed by atoms with van der Waals surface area (Å²) in [6.07, 6.45) is 0. The molecule has 1 aromatic rings. The summed E-state index contributed by atoms with van der Waals surface area (Å²) in [7, 11) is 0. The van der Waals surface area contributed by atoms with Gasteiger partial charge < -0.3 is 10.1 Å². The topological polar surface area (TPSA) is 21.3 Å². The van der Waals surface area contributed by atoms with Crippen LogP contribution in [-0.4, -0.2) is 18.8 Å². The SMILES string of the molecule is CCOC(C)(C)CNC(C)c1ccc(F)c(Cl)c1. The van der Waals surface area contributed by atoms with Gasteiger partial charge in [-0.25, -0.2) is 4.39 Å². The molecule has 0 heterocycles. The summed E-state index contributed by atoms with van der Waals surface area (Å²) in [6.45, 7) is 9.47. The van der Waals surface area contributed by atoms with Crippen molar-refractivity contribution in [2.24, 2.45) is 0 Å². The van der Waals surface area contributed by atoms with Gasteiger partial charge >= 0.3 is 0 Å². The van der Waals surface area contributed by atoms with E-state index in [4.69, 9.17) is 16.3 Å². The molecule has 102 valence electrons. The summed E-state index contributed by atoms with van der Waals surface area (Å²) in [6, 6.07) is 4.89. The molecule has 0 aliphatic rings. The van der Waals surface area contributed by atoms with Gasteiger partial charge in [0.2, 0.25) is 0 Å². The molecular formula is C14H21ClFNO. The van der Waals surface area contributed by atoms with E-state index >= 15 is 0 Å². The lowest BCUT2D eigenvalue weighted by molar-refractivity contribution is -0.0103. The van der Waals surface area contributed by atoms with Crippen molar-refractivity contribution in [1.82, 2.24) is 5.32 Å². The average molecular weight is 274 g/mol. The number of rotatable bonds is 6. The number of nitrogens with one attached hydrogen (secondary N) is 1. The molecule has 0 fully saturated rings. The monoisotopic (exact) mass is 273 g/mol. The predicted molar refractivity (Wildman–Crippen MR) is 73.5 cm³/mol. The number of ether oxygens (including phenoxy) is 1. The van der Waals surface area contributed by atoms with E-state index in [1.807, 2.05) is 27.7 Å². The van der Waals surface area contributed by atoms with Gasteiger partial charge in [-0.2, -0.15) is 0 Å². The van der Waals surface area contributed by atoms with Crippen molar-refractivity contribution in [3.05, 3.63) is 34.6 Å². The standard InChI is InChI=1S/C14H21ClFNO/c1-5-18-14(3,4)9-17-10(2)11-6-7-13(16)12(15)8-11/h6-8,10,17H,5,9H2,1-4H3. The van der Waals surface area contributed by atoms with Crippen molar-refractivity contribution < 1.29 is 9.13 Å². The molecule has 0 amide bonds. The molecule has 0 aliphatic heterocycles. The third-order valence-corrected chi connectivity index (χ3v) is 3.10. The first kappa shape index (κ1) is 15.4. The van der Waals surface area contributed by atoms with Crippen LogP contribution in [0.4, 0.5) is 4.39 Å². The maximum absolute atomic E-state index is 13.1. The molecule has 0 aromatic heterocycles. The van der Waals surface area contributed by atoms with Gasteiger partial charge in [0.1, 0.15) is 5.82 Å². The zero-order chi connectivity index (χ0) is 13.8. The first-order valence-electron chi connectivity index (χ1n) is 6.18. The van der Waals surface area contributed by atoms with Crippen molar-refractivity contribution in [2.45, 2.75) is 39.3 Å². The molecule has 0 aliphatic carbocycles. The first-order chi connectivity index (χ1) is 8.35. The maximum atomic E-state index is 13.1. The maximum Gasteiger partial charge on any atom is 0.141 e. The highest BCUT2D eigenvalue weighted by molar-refractivity contribution is 6.30. The fourth-order valence-electron chi connectivity index (χ4n) is 1.74. The molecule has 4 heteroatoms. The van der Waals surface area contributed by atoms with E-state index in [1.54, 1.807) is 12.1 Å². The minimum absolute atomic E-state index is 0.0998. The molecule has 0 saturated heterocycles. The first-order valence-corrected chi connectivity index (χ1v) is 6.56. The van der Waals surface area contributed by atoms with Crippen molar-refractivity contribution in [3.8, 4) is 0 Å². The van der Waals surface area contributed by atoms with Crippen LogP contribution in [0.25, 0.3) is 0 Å². The largest absolute Gasteiger partial charge is 0.375 e. The Kier molecular flexibility index (Phi) is 5.57. The Bertz CT molecular complexity index is 395. The highest BCUT2D eigenvalue weighted by Gasteiger charge is 2.18. The average Bonchev–Trinajstić information content (AvgIpc) is 2.30. The molecule has 1 aromatic carbocycles. The Hall–Kier alpha value is -0.640. The van der Waals surface area contributed by atoms with Crippen LogP contribution in [0.3, 0.4) is 0 Å². The van der Waals surface area contributed by atoms with Crippen LogP contribution < -0.4 is 5.32 Å². The van der Waals surface area contributed by atoms with Crippen LogP contribution in [0.15, 0.2) is 18.2 Å². The van der Waals surface area contributed by atoms with Crippen LogP contribution in [0.1, 0.15) is 39.3 Å². The zero-order valence-corrected chi connectivity index (χ0v) is 12.1. The van der Waals surface area contributed by atoms with Crippen molar-refractivity contribution in [1.29, 1.82) is 0 Å². The molecular weight excluding hydrogens is 253 g/mol. The molecule has 2 nitrogen and oxygen atoms in total. The molecule has 0 bridgehead atoms. The minimum atomic E-state index is -0.387. The van der Waals surface area contributed by atoms with Crippen molar-refractivity contribution >= 4 is 11.6 Å². The van der Waals surface area contributed by atoms with Gasteiger partial charge in [0.15, 0.2) is 0 Å². The number of benzene rings is 1. The van der Waals surface area contributed by atoms with Crippen LogP contribution >= 0.6 is 11.6 Å². The van der Waals surface area contributed by atoms with E-state index < -0.39 is 0 Å². The minimum Gasteiger partial charge on any atom is -0.375 e. The van der Waals surface area contributed by atoms with E-state index in [9.17, 15) is 4.39 Å². The quantitative estimate of drug-likeness (QED) is 0.847. The molecule has 0 radical (unpaired) electrons. The number of halogens is 2. The Balaban J connectivity index is 2.60. The molecule has 0 spiro atoms. The summed E-state index contributed by atoms with van der Waals surface area (Å²) in [5.41, 5.74) is 0.751. The third-order valence-electron chi connectivity index (χ3n) is 2.81. The smallest absolute Gasteiger partial charge is 0.141 e.